The van der Waals surface area contributed by atoms with Crippen molar-refractivity contribution in [2.45, 2.75) is 32.1 Å². The fraction of sp³-hybridized carbons (Fsp3) is 0.316. The highest BCUT2D eigenvalue weighted by atomic mass is 79.9. The lowest BCUT2D eigenvalue weighted by atomic mass is 9.68. The number of rotatable bonds is 4. The number of carbonyl (C=O) groups is 2. The van der Waals surface area contributed by atoms with Crippen LogP contribution in [0.1, 0.15) is 37.1 Å². The molecule has 1 spiro atoms. The molecule has 1 atom stereocenters. The number of amides is 1. The number of benzene rings is 1. The quantitative estimate of drug-likeness (QED) is 0.620. The molecule has 8 nitrogen and oxygen atoms in total. The Morgan fingerprint density at radius 1 is 1.39 bits per heavy atom. The van der Waals surface area contributed by atoms with Gasteiger partial charge in [0.15, 0.2) is 0 Å². The first kappa shape index (κ1) is 18.5. The molecular formula is C19H19BrN4O4. The van der Waals surface area contributed by atoms with Crippen LogP contribution in [0.5, 0.6) is 5.88 Å². The van der Waals surface area contributed by atoms with Crippen molar-refractivity contribution in [2.75, 3.05) is 11.9 Å². The number of aromatic nitrogens is 2. The zero-order chi connectivity index (χ0) is 20.1. The number of hydrogen-bond donors (Lipinski definition) is 3. The van der Waals surface area contributed by atoms with E-state index in [-0.39, 0.29) is 23.9 Å². The highest BCUT2D eigenvalue weighted by Crippen LogP contribution is 2.54. The highest BCUT2D eigenvalue weighted by Gasteiger charge is 2.60. The first-order valence-corrected chi connectivity index (χ1v) is 9.78. The lowest BCUT2D eigenvalue weighted by Gasteiger charge is -2.33. The number of ether oxygens (including phenoxy) is 2. The minimum atomic E-state index is -1.50. The molecule has 1 unspecified atom stereocenters. The smallest absolute Gasteiger partial charge is 0.341 e. The molecule has 1 aromatic heterocycles. The average molecular weight is 447 g/mol. The molecule has 1 amide bonds. The van der Waals surface area contributed by atoms with Crippen LogP contribution < -0.4 is 15.8 Å². The van der Waals surface area contributed by atoms with Gasteiger partial charge >= 0.3 is 5.97 Å². The summed E-state index contributed by atoms with van der Waals surface area (Å²) in [7, 11) is 0. The molecule has 146 valence electrons. The SMILES string of the molecule is CCCc1[nH]nc2c1C1(C(=O)Nc3ccc(Br)cc31)C(C(=O)OCC)=C(N)O2. The van der Waals surface area contributed by atoms with Crippen molar-refractivity contribution in [1.82, 2.24) is 10.2 Å². The average Bonchev–Trinajstić information content (AvgIpc) is 3.16. The summed E-state index contributed by atoms with van der Waals surface area (Å²) in [4.78, 5) is 26.4. The third kappa shape index (κ3) is 2.39. The van der Waals surface area contributed by atoms with Crippen LogP contribution in [0.15, 0.2) is 34.1 Å². The van der Waals surface area contributed by atoms with Crippen LogP contribution in [0.25, 0.3) is 0 Å². The molecule has 0 saturated heterocycles. The molecule has 3 heterocycles. The Bertz CT molecular complexity index is 1030. The summed E-state index contributed by atoms with van der Waals surface area (Å²) in [6.45, 7) is 3.84. The number of nitrogens with two attached hydrogens (primary N) is 1. The molecular weight excluding hydrogens is 428 g/mol. The normalized spacial score (nSPS) is 19.9. The standard InChI is InChI=1S/C19H19BrN4O4/c1-3-5-12-13-16(24-23-12)28-15(21)14(17(25)27-4-2)19(13)10-8-9(20)6-7-11(10)22-18(19)26/h6-8H,3-5,21H2,1-2H3,(H,22,26)(H,23,24). The molecule has 0 bridgehead atoms. The predicted molar refractivity (Wildman–Crippen MR) is 105 cm³/mol. The van der Waals surface area contributed by atoms with Crippen LogP contribution in [-0.2, 0) is 26.2 Å². The second-order valence-electron chi connectivity index (χ2n) is 6.59. The van der Waals surface area contributed by atoms with Crippen molar-refractivity contribution in [3.05, 3.63) is 50.9 Å². The molecule has 2 aliphatic heterocycles. The van der Waals surface area contributed by atoms with E-state index in [9.17, 15) is 9.59 Å². The van der Waals surface area contributed by atoms with Crippen LogP contribution in [0, 0.1) is 0 Å². The van der Waals surface area contributed by atoms with E-state index in [1.807, 2.05) is 13.0 Å². The van der Waals surface area contributed by atoms with Crippen molar-refractivity contribution >= 4 is 33.5 Å². The molecule has 1 aromatic carbocycles. The van der Waals surface area contributed by atoms with Gasteiger partial charge in [0.1, 0.15) is 11.0 Å². The minimum absolute atomic E-state index is 0.0325. The van der Waals surface area contributed by atoms with E-state index in [0.29, 0.717) is 23.2 Å². The summed E-state index contributed by atoms with van der Waals surface area (Å²) in [5.74, 6) is -1.09. The maximum absolute atomic E-state index is 13.5. The molecule has 2 aromatic rings. The number of H-pyrrole nitrogens is 1. The van der Waals surface area contributed by atoms with Crippen molar-refractivity contribution in [1.29, 1.82) is 0 Å². The lowest BCUT2D eigenvalue weighted by Crippen LogP contribution is -2.46. The number of halogens is 1. The van der Waals surface area contributed by atoms with Crippen LogP contribution in [-0.4, -0.2) is 28.7 Å². The van der Waals surface area contributed by atoms with Gasteiger partial charge in [0.2, 0.25) is 17.7 Å². The van der Waals surface area contributed by atoms with E-state index in [1.54, 1.807) is 19.1 Å². The maximum Gasteiger partial charge on any atom is 0.341 e. The Labute approximate surface area is 169 Å². The van der Waals surface area contributed by atoms with Crippen LogP contribution in [0.3, 0.4) is 0 Å². The second-order valence-corrected chi connectivity index (χ2v) is 7.50. The van der Waals surface area contributed by atoms with Crippen molar-refractivity contribution in [3.8, 4) is 5.88 Å². The second kappa shape index (κ2) is 6.66. The van der Waals surface area contributed by atoms with Gasteiger partial charge in [-0.1, -0.05) is 29.3 Å². The molecule has 4 rings (SSSR count). The Kier molecular flexibility index (Phi) is 4.41. The first-order chi connectivity index (χ1) is 13.4. The molecule has 9 heteroatoms. The minimum Gasteiger partial charge on any atom is -0.462 e. The summed E-state index contributed by atoms with van der Waals surface area (Å²) in [5, 5.41) is 10.0. The summed E-state index contributed by atoms with van der Waals surface area (Å²) < 4.78 is 11.6. The van der Waals surface area contributed by atoms with Gasteiger partial charge in [-0.15, -0.1) is 5.10 Å². The molecule has 4 N–H and O–H groups in total. The third-order valence-corrected chi connectivity index (χ3v) is 5.46. The van der Waals surface area contributed by atoms with E-state index in [0.717, 1.165) is 16.6 Å². The van der Waals surface area contributed by atoms with Gasteiger partial charge < -0.3 is 20.5 Å². The number of hydrogen-bond acceptors (Lipinski definition) is 6. The summed E-state index contributed by atoms with van der Waals surface area (Å²) in [6, 6.07) is 5.40. The predicted octanol–water partition coefficient (Wildman–Crippen LogP) is 2.49. The molecule has 2 aliphatic rings. The van der Waals surface area contributed by atoms with E-state index in [4.69, 9.17) is 15.2 Å². The Morgan fingerprint density at radius 2 is 2.18 bits per heavy atom. The van der Waals surface area contributed by atoms with Crippen LogP contribution in [0.2, 0.25) is 0 Å². The number of anilines is 1. The van der Waals surface area contributed by atoms with Gasteiger partial charge in [-0.25, -0.2) is 4.79 Å². The fourth-order valence-corrected chi connectivity index (χ4v) is 4.30. The van der Waals surface area contributed by atoms with Crippen LogP contribution >= 0.6 is 15.9 Å². The van der Waals surface area contributed by atoms with E-state index in [1.165, 1.54) is 0 Å². The number of nitrogens with zero attached hydrogens (tertiary/aromatic N) is 1. The van der Waals surface area contributed by atoms with Gasteiger partial charge in [0.05, 0.1) is 12.2 Å². The van der Waals surface area contributed by atoms with Gasteiger partial charge in [-0.3, -0.25) is 9.89 Å². The number of carbonyl (C=O) groups excluding carboxylic acids is 2. The van der Waals surface area contributed by atoms with Crippen molar-refractivity contribution in [2.24, 2.45) is 5.73 Å². The van der Waals surface area contributed by atoms with Gasteiger partial charge in [0.25, 0.3) is 0 Å². The van der Waals surface area contributed by atoms with Gasteiger partial charge in [-0.05, 0) is 31.5 Å². The third-order valence-electron chi connectivity index (χ3n) is 4.97. The van der Waals surface area contributed by atoms with Gasteiger partial charge in [-0.2, -0.15) is 0 Å². The van der Waals surface area contributed by atoms with E-state index in [2.05, 4.69) is 31.4 Å². The number of esters is 1. The van der Waals surface area contributed by atoms with Crippen LogP contribution in [0.4, 0.5) is 5.69 Å². The Balaban J connectivity index is 2.10. The molecule has 0 aliphatic carbocycles. The lowest BCUT2D eigenvalue weighted by molar-refractivity contribution is -0.140. The monoisotopic (exact) mass is 446 g/mol. The van der Waals surface area contributed by atoms with Crippen molar-refractivity contribution < 1.29 is 19.1 Å². The van der Waals surface area contributed by atoms with Crippen molar-refractivity contribution in [3.63, 3.8) is 0 Å². The molecule has 0 saturated carbocycles. The molecule has 28 heavy (non-hydrogen) atoms. The zero-order valence-corrected chi connectivity index (χ0v) is 17.0. The maximum atomic E-state index is 13.5. The van der Waals surface area contributed by atoms with E-state index >= 15 is 0 Å². The number of aromatic amines is 1. The van der Waals surface area contributed by atoms with E-state index < -0.39 is 17.3 Å². The van der Waals surface area contributed by atoms with Gasteiger partial charge in [0, 0.05) is 21.4 Å². The summed E-state index contributed by atoms with van der Waals surface area (Å²) in [6.07, 6.45) is 1.44. The zero-order valence-electron chi connectivity index (χ0n) is 15.4. The largest absolute Gasteiger partial charge is 0.462 e. The first-order valence-electron chi connectivity index (χ1n) is 8.99. The molecule has 0 fully saturated rings. The fourth-order valence-electron chi connectivity index (χ4n) is 3.94. The molecule has 0 radical (unpaired) electrons. The Hall–Kier alpha value is -2.81. The topological polar surface area (TPSA) is 119 Å². The highest BCUT2D eigenvalue weighted by molar-refractivity contribution is 9.10. The Morgan fingerprint density at radius 3 is 2.89 bits per heavy atom. The number of aryl methyl sites for hydroxylation is 1. The number of fused-ring (bicyclic) bond motifs is 4. The number of nitrogens with one attached hydrogen (secondary N) is 2. The summed E-state index contributed by atoms with van der Waals surface area (Å²) in [5.41, 5.74) is 7.01. The summed E-state index contributed by atoms with van der Waals surface area (Å²) >= 11 is 3.46.